The summed E-state index contributed by atoms with van der Waals surface area (Å²) in [7, 11) is 0. The number of aromatic nitrogens is 3. The van der Waals surface area contributed by atoms with E-state index in [1.165, 1.54) is 16.3 Å². The van der Waals surface area contributed by atoms with Gasteiger partial charge in [0, 0.05) is 38.1 Å². The summed E-state index contributed by atoms with van der Waals surface area (Å²) in [6.07, 6.45) is 2.59. The number of fused-ring (bicyclic) bond motifs is 1. The number of hydrogen-bond acceptors (Lipinski definition) is 9. The van der Waals surface area contributed by atoms with Crippen molar-refractivity contribution in [3.8, 4) is 0 Å². The van der Waals surface area contributed by atoms with Crippen molar-refractivity contribution in [2.45, 2.75) is 33.7 Å². The van der Waals surface area contributed by atoms with Gasteiger partial charge in [-0.15, -0.1) is 22.7 Å². The van der Waals surface area contributed by atoms with Gasteiger partial charge in [0.1, 0.15) is 21.9 Å². The van der Waals surface area contributed by atoms with Gasteiger partial charge < -0.3 is 9.64 Å². The Morgan fingerprint density at radius 3 is 2.69 bits per heavy atom. The number of nitrogens with zero attached hydrogens (tertiary/aromatic N) is 5. The molecule has 0 unspecified atom stereocenters. The van der Waals surface area contributed by atoms with Crippen LogP contribution in [0.2, 0.25) is 0 Å². The first-order valence-corrected chi connectivity index (χ1v) is 11.6. The molecule has 7 nitrogen and oxygen atoms in total. The minimum atomic E-state index is -0.279. The van der Waals surface area contributed by atoms with Gasteiger partial charge in [-0.05, 0) is 25.8 Å². The molecule has 0 radical (unpaired) electrons. The SMILES string of the molecule is CCOC(=O)c1sc2ncnc(N3CCN(Cc4csc(CC)n4)CC3)c2c1C. The molecule has 4 heterocycles. The number of carbonyl (C=O) groups is 1. The lowest BCUT2D eigenvalue weighted by molar-refractivity contribution is 0.0531. The zero-order valence-electron chi connectivity index (χ0n) is 17.0. The number of hydrogen-bond donors (Lipinski definition) is 0. The third kappa shape index (κ3) is 4.12. The van der Waals surface area contributed by atoms with E-state index in [4.69, 9.17) is 4.74 Å². The number of thiophene rings is 1. The maximum absolute atomic E-state index is 12.3. The van der Waals surface area contributed by atoms with Gasteiger partial charge in [0.05, 0.1) is 22.7 Å². The zero-order valence-corrected chi connectivity index (χ0v) is 18.6. The van der Waals surface area contributed by atoms with Crippen LogP contribution in [0.25, 0.3) is 10.2 Å². The lowest BCUT2D eigenvalue weighted by atomic mass is 10.2. The number of piperazine rings is 1. The van der Waals surface area contributed by atoms with Crippen LogP contribution in [-0.2, 0) is 17.7 Å². The van der Waals surface area contributed by atoms with E-state index in [1.807, 2.05) is 13.8 Å². The van der Waals surface area contributed by atoms with Crippen molar-refractivity contribution in [3.05, 3.63) is 32.8 Å². The molecule has 1 fully saturated rings. The summed E-state index contributed by atoms with van der Waals surface area (Å²) < 4.78 is 5.20. The van der Waals surface area contributed by atoms with Crippen LogP contribution in [0.5, 0.6) is 0 Å². The molecule has 0 atom stereocenters. The van der Waals surface area contributed by atoms with Gasteiger partial charge in [-0.1, -0.05) is 6.92 Å². The lowest BCUT2D eigenvalue weighted by Gasteiger charge is -2.35. The molecule has 29 heavy (non-hydrogen) atoms. The van der Waals surface area contributed by atoms with Gasteiger partial charge in [0.25, 0.3) is 0 Å². The molecule has 0 N–H and O–H groups in total. The average Bonchev–Trinajstić information content (AvgIpc) is 3.33. The highest BCUT2D eigenvalue weighted by molar-refractivity contribution is 7.20. The number of esters is 1. The minimum Gasteiger partial charge on any atom is -0.462 e. The van der Waals surface area contributed by atoms with E-state index in [0.717, 1.165) is 66.4 Å². The predicted octanol–water partition coefficient (Wildman–Crippen LogP) is 3.52. The Morgan fingerprint density at radius 2 is 2.00 bits per heavy atom. The summed E-state index contributed by atoms with van der Waals surface area (Å²) >= 11 is 3.13. The van der Waals surface area contributed by atoms with Gasteiger partial charge in [-0.2, -0.15) is 0 Å². The third-order valence-electron chi connectivity index (χ3n) is 5.13. The molecule has 0 aromatic carbocycles. The summed E-state index contributed by atoms with van der Waals surface area (Å²) in [5.74, 6) is 0.638. The molecule has 0 aliphatic carbocycles. The molecule has 1 saturated heterocycles. The number of carbonyl (C=O) groups excluding carboxylic acids is 1. The Bertz CT molecular complexity index is 1010. The van der Waals surface area contributed by atoms with Gasteiger partial charge in [-0.3, -0.25) is 4.90 Å². The second-order valence-corrected chi connectivity index (χ2v) is 8.95. The van der Waals surface area contributed by atoms with Crippen LogP contribution in [0, 0.1) is 6.92 Å². The summed E-state index contributed by atoms with van der Waals surface area (Å²) in [5.41, 5.74) is 2.08. The van der Waals surface area contributed by atoms with E-state index in [1.54, 1.807) is 17.7 Å². The van der Waals surface area contributed by atoms with Crippen molar-refractivity contribution in [3.63, 3.8) is 0 Å². The normalized spacial score (nSPS) is 15.2. The molecule has 3 aromatic heterocycles. The first-order chi connectivity index (χ1) is 14.1. The maximum atomic E-state index is 12.3. The lowest BCUT2D eigenvalue weighted by Crippen LogP contribution is -2.46. The molecule has 0 amide bonds. The molecular formula is C20H25N5O2S2. The topological polar surface area (TPSA) is 71.5 Å². The highest BCUT2D eigenvalue weighted by Gasteiger charge is 2.25. The Hall–Kier alpha value is -2.10. The quantitative estimate of drug-likeness (QED) is 0.553. The highest BCUT2D eigenvalue weighted by atomic mass is 32.1. The summed E-state index contributed by atoms with van der Waals surface area (Å²) in [5, 5.41) is 4.35. The van der Waals surface area contributed by atoms with Gasteiger partial charge >= 0.3 is 5.97 Å². The molecule has 4 rings (SSSR count). The van der Waals surface area contributed by atoms with E-state index >= 15 is 0 Å². The number of ether oxygens (including phenoxy) is 1. The summed E-state index contributed by atoms with van der Waals surface area (Å²) in [6.45, 7) is 10.9. The van der Waals surface area contributed by atoms with Crippen LogP contribution in [0.4, 0.5) is 5.82 Å². The largest absolute Gasteiger partial charge is 0.462 e. The van der Waals surface area contributed by atoms with Crippen LogP contribution in [0.1, 0.15) is 39.8 Å². The van der Waals surface area contributed by atoms with E-state index in [9.17, 15) is 4.79 Å². The molecule has 0 saturated carbocycles. The predicted molar refractivity (Wildman–Crippen MR) is 117 cm³/mol. The van der Waals surface area contributed by atoms with Crippen molar-refractivity contribution in [2.75, 3.05) is 37.7 Å². The first-order valence-electron chi connectivity index (χ1n) is 9.92. The zero-order chi connectivity index (χ0) is 20.4. The molecule has 0 bridgehead atoms. The van der Waals surface area contributed by atoms with E-state index < -0.39 is 0 Å². The fourth-order valence-electron chi connectivity index (χ4n) is 3.61. The van der Waals surface area contributed by atoms with E-state index in [0.29, 0.717) is 11.5 Å². The first kappa shape index (κ1) is 20.2. The van der Waals surface area contributed by atoms with Gasteiger partial charge in [0.2, 0.25) is 0 Å². The van der Waals surface area contributed by atoms with Crippen molar-refractivity contribution >= 4 is 44.7 Å². The second kappa shape index (κ2) is 8.73. The smallest absolute Gasteiger partial charge is 0.348 e. The molecule has 9 heteroatoms. The van der Waals surface area contributed by atoms with E-state index in [-0.39, 0.29) is 5.97 Å². The Morgan fingerprint density at radius 1 is 1.21 bits per heavy atom. The summed E-state index contributed by atoms with van der Waals surface area (Å²) in [4.78, 5) is 32.1. The van der Waals surface area contributed by atoms with Crippen molar-refractivity contribution < 1.29 is 9.53 Å². The van der Waals surface area contributed by atoms with Crippen LogP contribution in [0.3, 0.4) is 0 Å². The fourth-order valence-corrected chi connectivity index (χ4v) is 5.39. The minimum absolute atomic E-state index is 0.279. The van der Waals surface area contributed by atoms with Crippen LogP contribution < -0.4 is 4.90 Å². The number of anilines is 1. The number of rotatable bonds is 6. The Labute approximate surface area is 178 Å². The Balaban J connectivity index is 1.50. The molecule has 1 aliphatic heterocycles. The highest BCUT2D eigenvalue weighted by Crippen LogP contribution is 2.35. The fraction of sp³-hybridized carbons (Fsp3) is 0.500. The molecule has 154 valence electrons. The van der Waals surface area contributed by atoms with Crippen molar-refractivity contribution in [2.24, 2.45) is 0 Å². The third-order valence-corrected chi connectivity index (χ3v) is 7.35. The number of thiazole rings is 1. The van der Waals surface area contributed by atoms with Crippen LogP contribution in [0.15, 0.2) is 11.7 Å². The monoisotopic (exact) mass is 431 g/mol. The maximum Gasteiger partial charge on any atom is 0.348 e. The molecule has 0 spiro atoms. The van der Waals surface area contributed by atoms with Gasteiger partial charge in [0.15, 0.2) is 0 Å². The molecule has 1 aliphatic rings. The van der Waals surface area contributed by atoms with Crippen molar-refractivity contribution in [1.29, 1.82) is 0 Å². The van der Waals surface area contributed by atoms with E-state index in [2.05, 4.69) is 37.1 Å². The second-order valence-electron chi connectivity index (χ2n) is 7.00. The number of aryl methyl sites for hydroxylation is 2. The molecule has 3 aromatic rings. The molecular weight excluding hydrogens is 406 g/mol. The standard InChI is InChI=1S/C20H25N5O2S2/c1-4-15-23-14(11-28-15)10-24-6-8-25(9-7-24)18-16-13(3)17(20(26)27-5-2)29-19(16)22-12-21-18/h11-12H,4-10H2,1-3H3. The Kier molecular flexibility index (Phi) is 6.07. The summed E-state index contributed by atoms with van der Waals surface area (Å²) in [6, 6.07) is 0. The average molecular weight is 432 g/mol. The van der Waals surface area contributed by atoms with Crippen LogP contribution >= 0.6 is 22.7 Å². The van der Waals surface area contributed by atoms with Gasteiger partial charge in [-0.25, -0.2) is 19.7 Å². The van der Waals surface area contributed by atoms with Crippen molar-refractivity contribution in [1.82, 2.24) is 19.9 Å². The van der Waals surface area contributed by atoms with Crippen LogP contribution in [-0.4, -0.2) is 58.6 Å².